The van der Waals surface area contributed by atoms with E-state index in [4.69, 9.17) is 10.8 Å². The zero-order chi connectivity index (χ0) is 13.2. The summed E-state index contributed by atoms with van der Waals surface area (Å²) in [5.41, 5.74) is 6.88. The maximum Gasteiger partial charge on any atom is 0.227 e. The number of aliphatic hydroxyl groups is 1. The van der Waals surface area contributed by atoms with Crippen molar-refractivity contribution in [2.45, 2.75) is 12.8 Å². The first-order valence-corrected chi connectivity index (χ1v) is 6.66. The van der Waals surface area contributed by atoms with Crippen molar-refractivity contribution in [3.63, 3.8) is 0 Å². The topological polar surface area (TPSA) is 75.3 Å². The molecule has 3 rings (SSSR count). The molecule has 100 valence electrons. The summed E-state index contributed by atoms with van der Waals surface area (Å²) in [4.78, 5) is 11.1. The van der Waals surface area contributed by atoms with E-state index in [-0.39, 0.29) is 6.61 Å². The molecule has 1 aliphatic heterocycles. The molecule has 0 saturated carbocycles. The van der Waals surface area contributed by atoms with Crippen molar-refractivity contribution in [3.05, 3.63) is 24.3 Å². The predicted molar refractivity (Wildman–Crippen MR) is 76.0 cm³/mol. The largest absolute Gasteiger partial charge is 0.396 e. The van der Waals surface area contributed by atoms with Gasteiger partial charge in [-0.25, -0.2) is 4.98 Å². The molecule has 1 aliphatic rings. The summed E-state index contributed by atoms with van der Waals surface area (Å²) in [5, 5.41) is 10.1. The van der Waals surface area contributed by atoms with E-state index in [2.05, 4.69) is 14.9 Å². The van der Waals surface area contributed by atoms with Gasteiger partial charge in [-0.3, -0.25) is 0 Å². The lowest BCUT2D eigenvalue weighted by Crippen LogP contribution is -2.36. The highest BCUT2D eigenvalue weighted by Crippen LogP contribution is 2.24. The van der Waals surface area contributed by atoms with E-state index in [1.807, 2.05) is 24.3 Å². The van der Waals surface area contributed by atoms with Crippen molar-refractivity contribution >= 4 is 22.7 Å². The average molecular weight is 258 g/mol. The molecule has 2 heterocycles. The second-order valence-electron chi connectivity index (χ2n) is 5.04. The minimum absolute atomic E-state index is 0.272. The van der Waals surface area contributed by atoms with Crippen molar-refractivity contribution in [1.29, 1.82) is 0 Å². The number of nitrogens with two attached hydrogens (primary N) is 1. The molecule has 5 nitrogen and oxygen atoms in total. The first-order chi connectivity index (χ1) is 9.28. The summed E-state index contributed by atoms with van der Waals surface area (Å²) < 4.78 is 0. The van der Waals surface area contributed by atoms with Crippen LogP contribution in [0.1, 0.15) is 12.8 Å². The van der Waals surface area contributed by atoms with E-state index in [0.717, 1.165) is 36.8 Å². The van der Waals surface area contributed by atoms with Crippen LogP contribution in [0.4, 0.5) is 11.8 Å². The number of fused-ring (bicyclic) bond motifs is 1. The molecule has 5 heteroatoms. The van der Waals surface area contributed by atoms with Crippen molar-refractivity contribution in [1.82, 2.24) is 9.97 Å². The number of anilines is 2. The highest BCUT2D eigenvalue weighted by molar-refractivity contribution is 5.88. The molecule has 0 unspecified atom stereocenters. The van der Waals surface area contributed by atoms with Crippen LogP contribution < -0.4 is 10.6 Å². The molecule has 0 atom stereocenters. The van der Waals surface area contributed by atoms with Crippen LogP contribution in [0.5, 0.6) is 0 Å². The summed E-state index contributed by atoms with van der Waals surface area (Å²) in [6, 6.07) is 7.79. The minimum atomic E-state index is 0.272. The van der Waals surface area contributed by atoms with Gasteiger partial charge in [0.15, 0.2) is 0 Å². The van der Waals surface area contributed by atoms with Crippen LogP contribution in [-0.2, 0) is 0 Å². The van der Waals surface area contributed by atoms with Crippen molar-refractivity contribution in [2.24, 2.45) is 5.92 Å². The fraction of sp³-hybridized carbons (Fsp3) is 0.429. The van der Waals surface area contributed by atoms with Crippen LogP contribution in [-0.4, -0.2) is 34.8 Å². The van der Waals surface area contributed by atoms with Crippen LogP contribution in [0.3, 0.4) is 0 Å². The summed E-state index contributed by atoms with van der Waals surface area (Å²) in [6.45, 7) is 2.03. The monoisotopic (exact) mass is 258 g/mol. The molecular weight excluding hydrogens is 240 g/mol. The van der Waals surface area contributed by atoms with Gasteiger partial charge in [-0.2, -0.15) is 4.98 Å². The molecule has 1 aromatic heterocycles. The number of hydrogen-bond donors (Lipinski definition) is 2. The number of piperidine rings is 1. The molecule has 1 fully saturated rings. The third-order valence-electron chi connectivity index (χ3n) is 3.78. The number of para-hydroxylation sites is 1. The molecular formula is C14H18N4O. The third kappa shape index (κ3) is 2.33. The lowest BCUT2D eigenvalue weighted by atomic mass is 9.98. The van der Waals surface area contributed by atoms with Gasteiger partial charge in [-0.1, -0.05) is 12.1 Å². The number of hydrogen-bond acceptors (Lipinski definition) is 5. The Labute approximate surface area is 112 Å². The molecule has 0 amide bonds. The minimum Gasteiger partial charge on any atom is -0.396 e. The van der Waals surface area contributed by atoms with Gasteiger partial charge in [-0.05, 0) is 30.9 Å². The molecule has 0 radical (unpaired) electrons. The second-order valence-corrected chi connectivity index (χ2v) is 5.04. The smallest absolute Gasteiger partial charge is 0.227 e. The van der Waals surface area contributed by atoms with E-state index in [0.29, 0.717) is 17.7 Å². The van der Waals surface area contributed by atoms with Gasteiger partial charge in [-0.15, -0.1) is 0 Å². The summed E-state index contributed by atoms with van der Waals surface area (Å²) in [6.07, 6.45) is 1.96. The molecule has 0 aliphatic carbocycles. The average Bonchev–Trinajstić information content (AvgIpc) is 2.47. The molecule has 3 N–H and O–H groups in total. The summed E-state index contributed by atoms with van der Waals surface area (Å²) in [5.74, 6) is 1.64. The number of aromatic nitrogens is 2. The van der Waals surface area contributed by atoms with Crippen LogP contribution in [0.25, 0.3) is 10.9 Å². The first-order valence-electron chi connectivity index (χ1n) is 6.66. The van der Waals surface area contributed by atoms with Crippen molar-refractivity contribution < 1.29 is 5.11 Å². The third-order valence-corrected chi connectivity index (χ3v) is 3.78. The molecule has 19 heavy (non-hydrogen) atoms. The number of benzene rings is 1. The van der Waals surface area contributed by atoms with Gasteiger partial charge in [0.2, 0.25) is 5.95 Å². The molecule has 2 aromatic rings. The van der Waals surface area contributed by atoms with Gasteiger partial charge < -0.3 is 15.7 Å². The van der Waals surface area contributed by atoms with Gasteiger partial charge in [0.25, 0.3) is 0 Å². The number of aliphatic hydroxyl groups excluding tert-OH is 1. The molecule has 0 bridgehead atoms. The fourth-order valence-electron chi connectivity index (χ4n) is 2.55. The van der Waals surface area contributed by atoms with E-state index < -0.39 is 0 Å². The van der Waals surface area contributed by atoms with Crippen LogP contribution >= 0.6 is 0 Å². The van der Waals surface area contributed by atoms with Gasteiger partial charge in [0.1, 0.15) is 5.82 Å². The Hall–Kier alpha value is -1.88. The van der Waals surface area contributed by atoms with Gasteiger partial charge in [0.05, 0.1) is 5.52 Å². The Bertz CT molecular complexity index is 579. The predicted octanol–water partition coefficient (Wildman–Crippen LogP) is 1.42. The van der Waals surface area contributed by atoms with E-state index in [9.17, 15) is 0 Å². The Kier molecular flexibility index (Phi) is 3.21. The van der Waals surface area contributed by atoms with E-state index in [1.54, 1.807) is 0 Å². The van der Waals surface area contributed by atoms with Crippen LogP contribution in [0, 0.1) is 5.92 Å². The zero-order valence-electron chi connectivity index (χ0n) is 10.8. The zero-order valence-corrected chi connectivity index (χ0v) is 10.8. The highest BCUT2D eigenvalue weighted by Gasteiger charge is 2.21. The maximum atomic E-state index is 9.16. The van der Waals surface area contributed by atoms with E-state index >= 15 is 0 Å². The quantitative estimate of drug-likeness (QED) is 0.852. The number of nitrogens with zero attached hydrogens (tertiary/aromatic N) is 3. The second kappa shape index (κ2) is 5.01. The molecule has 1 aromatic carbocycles. The van der Waals surface area contributed by atoms with Gasteiger partial charge in [0, 0.05) is 25.1 Å². The standard InChI is InChI=1S/C14H18N4O/c15-13-11-3-1-2-4-12(11)16-14(17-13)18-7-5-10(9-19)6-8-18/h1-4,10,19H,5-9H2,(H2,15,16,17). The van der Waals surface area contributed by atoms with Crippen LogP contribution in [0.2, 0.25) is 0 Å². The Balaban J connectivity index is 1.89. The Morgan fingerprint density at radius 3 is 2.68 bits per heavy atom. The van der Waals surface area contributed by atoms with Crippen molar-refractivity contribution in [2.75, 3.05) is 30.3 Å². The number of nitrogen functional groups attached to an aromatic ring is 1. The lowest BCUT2D eigenvalue weighted by Gasteiger charge is -2.31. The SMILES string of the molecule is Nc1nc(N2CCC(CO)CC2)nc2ccccc12. The van der Waals surface area contributed by atoms with E-state index in [1.165, 1.54) is 0 Å². The van der Waals surface area contributed by atoms with Crippen LogP contribution in [0.15, 0.2) is 24.3 Å². The summed E-state index contributed by atoms with van der Waals surface area (Å²) >= 11 is 0. The van der Waals surface area contributed by atoms with Crippen molar-refractivity contribution in [3.8, 4) is 0 Å². The highest BCUT2D eigenvalue weighted by atomic mass is 16.3. The maximum absolute atomic E-state index is 9.16. The Morgan fingerprint density at radius 1 is 1.21 bits per heavy atom. The fourth-order valence-corrected chi connectivity index (χ4v) is 2.55. The molecule has 0 spiro atoms. The lowest BCUT2D eigenvalue weighted by molar-refractivity contribution is 0.202. The Morgan fingerprint density at radius 2 is 1.95 bits per heavy atom. The first kappa shape index (κ1) is 12.2. The van der Waals surface area contributed by atoms with Gasteiger partial charge >= 0.3 is 0 Å². The normalized spacial score (nSPS) is 17.0. The molecule has 1 saturated heterocycles. The summed E-state index contributed by atoms with van der Waals surface area (Å²) in [7, 11) is 0. The number of rotatable bonds is 2.